The van der Waals surface area contributed by atoms with E-state index in [1.807, 2.05) is 0 Å². The van der Waals surface area contributed by atoms with Crippen LogP contribution in [0.25, 0.3) is 0 Å². The Morgan fingerprint density at radius 1 is 1.33 bits per heavy atom. The van der Waals surface area contributed by atoms with Crippen molar-refractivity contribution in [1.82, 2.24) is 0 Å². The Hall–Kier alpha value is -0.0800. The van der Waals surface area contributed by atoms with Gasteiger partial charge in [-0.05, 0) is 25.2 Å². The average molecular weight is 172 g/mol. The van der Waals surface area contributed by atoms with Crippen molar-refractivity contribution >= 4 is 0 Å². The minimum Gasteiger partial charge on any atom is -0.381 e. The van der Waals surface area contributed by atoms with Crippen LogP contribution < -0.4 is 0 Å². The van der Waals surface area contributed by atoms with Crippen molar-refractivity contribution in [2.45, 2.75) is 39.2 Å². The quantitative estimate of drug-likeness (QED) is 0.647. The van der Waals surface area contributed by atoms with Crippen molar-refractivity contribution in [2.24, 2.45) is 5.92 Å². The van der Waals surface area contributed by atoms with Gasteiger partial charge in [-0.3, -0.25) is 0 Å². The van der Waals surface area contributed by atoms with E-state index in [1.165, 1.54) is 6.42 Å². The Balaban J connectivity index is 1.98. The van der Waals surface area contributed by atoms with Crippen LogP contribution in [0.1, 0.15) is 33.1 Å². The van der Waals surface area contributed by atoms with Gasteiger partial charge in [0, 0.05) is 19.8 Å². The molecule has 0 aromatic heterocycles. The topological polar surface area (TPSA) is 18.5 Å². The molecule has 0 amide bonds. The first-order valence-corrected chi connectivity index (χ1v) is 4.98. The lowest BCUT2D eigenvalue weighted by atomic mass is 10.1. The third-order valence-corrected chi connectivity index (χ3v) is 2.22. The molecule has 0 spiro atoms. The Morgan fingerprint density at radius 2 is 2.00 bits per heavy atom. The summed E-state index contributed by atoms with van der Waals surface area (Å²) in [7, 11) is 0. The van der Waals surface area contributed by atoms with Crippen molar-refractivity contribution in [3.05, 3.63) is 0 Å². The second kappa shape index (κ2) is 5.55. The molecule has 1 heterocycles. The van der Waals surface area contributed by atoms with Gasteiger partial charge < -0.3 is 9.47 Å². The van der Waals surface area contributed by atoms with Crippen LogP contribution in [0.5, 0.6) is 0 Å². The summed E-state index contributed by atoms with van der Waals surface area (Å²) in [5, 5.41) is 0. The van der Waals surface area contributed by atoms with Gasteiger partial charge in [-0.25, -0.2) is 0 Å². The lowest BCUT2D eigenvalue weighted by Gasteiger charge is -2.22. The SMILES string of the molecule is CC(C)CCOC1CCOCC1. The molecule has 2 heteroatoms. The van der Waals surface area contributed by atoms with E-state index < -0.39 is 0 Å². The first kappa shape index (κ1) is 10.0. The summed E-state index contributed by atoms with van der Waals surface area (Å²) < 4.78 is 11.0. The molecule has 0 atom stereocenters. The van der Waals surface area contributed by atoms with Crippen molar-refractivity contribution in [1.29, 1.82) is 0 Å². The third-order valence-electron chi connectivity index (χ3n) is 2.22. The molecule has 0 bridgehead atoms. The van der Waals surface area contributed by atoms with Crippen LogP contribution in [0.4, 0.5) is 0 Å². The maximum atomic E-state index is 5.71. The van der Waals surface area contributed by atoms with Crippen molar-refractivity contribution < 1.29 is 9.47 Å². The number of rotatable bonds is 4. The van der Waals surface area contributed by atoms with E-state index in [0.717, 1.165) is 38.6 Å². The summed E-state index contributed by atoms with van der Waals surface area (Å²) in [6.45, 7) is 7.14. The molecule has 0 aromatic rings. The third kappa shape index (κ3) is 4.07. The molecular weight excluding hydrogens is 152 g/mol. The van der Waals surface area contributed by atoms with Crippen LogP contribution in [0.3, 0.4) is 0 Å². The number of hydrogen-bond acceptors (Lipinski definition) is 2. The Kier molecular flexibility index (Phi) is 4.62. The van der Waals surface area contributed by atoms with Crippen molar-refractivity contribution in [3.8, 4) is 0 Å². The van der Waals surface area contributed by atoms with E-state index in [1.54, 1.807) is 0 Å². The second-order valence-electron chi connectivity index (χ2n) is 3.87. The molecule has 1 aliphatic heterocycles. The molecule has 12 heavy (non-hydrogen) atoms. The predicted molar refractivity (Wildman–Crippen MR) is 49.2 cm³/mol. The summed E-state index contributed by atoms with van der Waals surface area (Å²) in [6, 6.07) is 0. The van der Waals surface area contributed by atoms with E-state index in [0.29, 0.717) is 6.10 Å². The van der Waals surface area contributed by atoms with E-state index in [4.69, 9.17) is 9.47 Å². The monoisotopic (exact) mass is 172 g/mol. The fourth-order valence-corrected chi connectivity index (χ4v) is 1.31. The number of ether oxygens (including phenoxy) is 2. The van der Waals surface area contributed by atoms with E-state index in [-0.39, 0.29) is 0 Å². The zero-order chi connectivity index (χ0) is 8.81. The lowest BCUT2D eigenvalue weighted by Crippen LogP contribution is -2.24. The summed E-state index contributed by atoms with van der Waals surface area (Å²) in [4.78, 5) is 0. The largest absolute Gasteiger partial charge is 0.381 e. The maximum absolute atomic E-state index is 5.71. The Labute approximate surface area is 75.2 Å². The maximum Gasteiger partial charge on any atom is 0.0619 e. The van der Waals surface area contributed by atoms with Crippen LogP contribution in [-0.2, 0) is 9.47 Å². The fourth-order valence-electron chi connectivity index (χ4n) is 1.31. The fraction of sp³-hybridized carbons (Fsp3) is 1.00. The highest BCUT2D eigenvalue weighted by Gasteiger charge is 2.13. The molecule has 0 radical (unpaired) electrons. The Morgan fingerprint density at radius 3 is 2.58 bits per heavy atom. The zero-order valence-electron chi connectivity index (χ0n) is 8.21. The molecule has 0 saturated carbocycles. The van der Waals surface area contributed by atoms with Gasteiger partial charge in [-0.2, -0.15) is 0 Å². The minimum absolute atomic E-state index is 0.470. The lowest BCUT2D eigenvalue weighted by molar-refractivity contribution is -0.0343. The van der Waals surface area contributed by atoms with E-state index in [9.17, 15) is 0 Å². The first-order chi connectivity index (χ1) is 5.79. The molecule has 1 rings (SSSR count). The highest BCUT2D eigenvalue weighted by molar-refractivity contribution is 4.62. The van der Waals surface area contributed by atoms with Gasteiger partial charge in [0.15, 0.2) is 0 Å². The molecule has 0 N–H and O–H groups in total. The van der Waals surface area contributed by atoms with Crippen LogP contribution in [0.15, 0.2) is 0 Å². The van der Waals surface area contributed by atoms with Gasteiger partial charge in [0.2, 0.25) is 0 Å². The minimum atomic E-state index is 0.470. The van der Waals surface area contributed by atoms with Crippen LogP contribution >= 0.6 is 0 Å². The van der Waals surface area contributed by atoms with Gasteiger partial charge in [0.05, 0.1) is 6.10 Å². The second-order valence-corrected chi connectivity index (χ2v) is 3.87. The first-order valence-electron chi connectivity index (χ1n) is 4.98. The van der Waals surface area contributed by atoms with E-state index >= 15 is 0 Å². The molecule has 0 aliphatic carbocycles. The zero-order valence-corrected chi connectivity index (χ0v) is 8.21. The molecular formula is C10H20O2. The average Bonchev–Trinajstić information content (AvgIpc) is 2.05. The molecule has 0 aromatic carbocycles. The van der Waals surface area contributed by atoms with Crippen LogP contribution in [-0.4, -0.2) is 25.9 Å². The summed E-state index contributed by atoms with van der Waals surface area (Å²) in [5.74, 6) is 0.754. The normalized spacial score (nSPS) is 20.2. The molecule has 1 aliphatic rings. The summed E-state index contributed by atoms with van der Waals surface area (Å²) in [6.07, 6.45) is 3.81. The van der Waals surface area contributed by atoms with Gasteiger partial charge >= 0.3 is 0 Å². The van der Waals surface area contributed by atoms with Gasteiger partial charge in [0.25, 0.3) is 0 Å². The Bertz CT molecular complexity index is 106. The van der Waals surface area contributed by atoms with Crippen molar-refractivity contribution in [3.63, 3.8) is 0 Å². The predicted octanol–water partition coefficient (Wildman–Crippen LogP) is 2.23. The van der Waals surface area contributed by atoms with Crippen LogP contribution in [0.2, 0.25) is 0 Å². The van der Waals surface area contributed by atoms with E-state index in [2.05, 4.69) is 13.8 Å². The molecule has 1 fully saturated rings. The highest BCUT2D eigenvalue weighted by Crippen LogP contribution is 2.11. The number of hydrogen-bond donors (Lipinski definition) is 0. The van der Waals surface area contributed by atoms with Gasteiger partial charge in [-0.1, -0.05) is 13.8 Å². The van der Waals surface area contributed by atoms with Crippen LogP contribution in [0, 0.1) is 5.92 Å². The standard InChI is InChI=1S/C10H20O2/c1-9(2)3-8-12-10-4-6-11-7-5-10/h9-10H,3-8H2,1-2H3. The van der Waals surface area contributed by atoms with Gasteiger partial charge in [0.1, 0.15) is 0 Å². The molecule has 0 unspecified atom stereocenters. The summed E-state index contributed by atoms with van der Waals surface area (Å²) >= 11 is 0. The van der Waals surface area contributed by atoms with Crippen molar-refractivity contribution in [2.75, 3.05) is 19.8 Å². The summed E-state index contributed by atoms with van der Waals surface area (Å²) in [5.41, 5.74) is 0. The van der Waals surface area contributed by atoms with Gasteiger partial charge in [-0.15, -0.1) is 0 Å². The highest BCUT2D eigenvalue weighted by atomic mass is 16.5. The molecule has 1 saturated heterocycles. The molecule has 72 valence electrons. The molecule has 2 nitrogen and oxygen atoms in total. The smallest absolute Gasteiger partial charge is 0.0619 e.